The van der Waals surface area contributed by atoms with Gasteiger partial charge in [0.15, 0.2) is 0 Å². The molecule has 0 unspecified atom stereocenters. The zero-order chi connectivity index (χ0) is 13.2. The normalized spacial score (nSPS) is 10.6. The number of thiophene rings is 1. The van der Waals surface area contributed by atoms with E-state index >= 15 is 0 Å². The number of para-hydroxylation sites is 1. The summed E-state index contributed by atoms with van der Waals surface area (Å²) in [7, 11) is 0. The fourth-order valence-electron chi connectivity index (χ4n) is 1.74. The lowest BCUT2D eigenvalue weighted by atomic mass is 10.2. The lowest BCUT2D eigenvalue weighted by Gasteiger charge is -1.99. The maximum Gasteiger partial charge on any atom is 0.224 e. The van der Waals surface area contributed by atoms with Crippen LogP contribution in [-0.4, -0.2) is 15.6 Å². The van der Waals surface area contributed by atoms with Gasteiger partial charge in [-0.3, -0.25) is 4.79 Å². The summed E-state index contributed by atoms with van der Waals surface area (Å²) < 4.78 is 1.68. The average Bonchev–Trinajstić information content (AvgIpc) is 3.08. The van der Waals surface area contributed by atoms with E-state index in [4.69, 9.17) is 11.6 Å². The van der Waals surface area contributed by atoms with Gasteiger partial charge in [-0.15, -0.1) is 11.3 Å². The molecule has 0 radical (unpaired) electrons. The van der Waals surface area contributed by atoms with Gasteiger partial charge in [0.05, 0.1) is 15.6 Å². The summed E-state index contributed by atoms with van der Waals surface area (Å²) in [5.74, 6) is -0.144. The molecule has 5 heteroatoms. The van der Waals surface area contributed by atoms with Crippen LogP contribution in [-0.2, 0) is 0 Å². The van der Waals surface area contributed by atoms with Crippen molar-refractivity contribution in [2.45, 2.75) is 0 Å². The number of carbonyl (C=O) groups excluding carboxylic acids is 1. The van der Waals surface area contributed by atoms with Crippen molar-refractivity contribution in [1.82, 2.24) is 9.78 Å². The lowest BCUT2D eigenvalue weighted by Crippen LogP contribution is -2.02. The van der Waals surface area contributed by atoms with E-state index in [2.05, 4.69) is 5.10 Å². The van der Waals surface area contributed by atoms with Crippen molar-refractivity contribution in [2.75, 3.05) is 0 Å². The Morgan fingerprint density at radius 1 is 1.16 bits per heavy atom. The molecule has 0 bridgehead atoms. The van der Waals surface area contributed by atoms with Crippen molar-refractivity contribution in [1.29, 1.82) is 0 Å². The molecular weight excluding hydrogens is 280 g/mol. The summed E-state index contributed by atoms with van der Waals surface area (Å²) in [6, 6.07) is 13.1. The molecule has 0 spiro atoms. The molecule has 2 aromatic heterocycles. The van der Waals surface area contributed by atoms with Crippen molar-refractivity contribution >= 4 is 28.7 Å². The molecule has 0 atom stereocenters. The molecule has 1 aromatic carbocycles. The maximum atomic E-state index is 12.2. The smallest absolute Gasteiger partial charge is 0.224 e. The summed E-state index contributed by atoms with van der Waals surface area (Å²) in [6.07, 6.45) is 1.77. The maximum absolute atomic E-state index is 12.2. The highest BCUT2D eigenvalue weighted by Crippen LogP contribution is 2.24. The molecule has 0 amide bonds. The van der Waals surface area contributed by atoms with Gasteiger partial charge in [-0.25, -0.2) is 4.68 Å². The molecule has 0 N–H and O–H groups in total. The van der Waals surface area contributed by atoms with E-state index in [0.717, 1.165) is 5.69 Å². The number of aromatic nitrogens is 2. The Labute approximate surface area is 119 Å². The van der Waals surface area contributed by atoms with Crippen molar-refractivity contribution in [3.63, 3.8) is 0 Å². The number of ketones is 1. The molecule has 94 valence electrons. The zero-order valence-corrected chi connectivity index (χ0v) is 11.4. The highest BCUT2D eigenvalue weighted by Gasteiger charge is 2.17. The quantitative estimate of drug-likeness (QED) is 0.687. The van der Waals surface area contributed by atoms with Gasteiger partial charge in [-0.1, -0.05) is 29.8 Å². The third-order valence-corrected chi connectivity index (χ3v) is 4.01. The Balaban J connectivity index is 1.94. The second kappa shape index (κ2) is 4.99. The van der Waals surface area contributed by atoms with Gasteiger partial charge in [-0.05, 0) is 29.6 Å². The first kappa shape index (κ1) is 12.1. The summed E-state index contributed by atoms with van der Waals surface area (Å²) in [4.78, 5) is 12.8. The van der Waals surface area contributed by atoms with Crippen LogP contribution in [0.5, 0.6) is 0 Å². The predicted octanol–water partition coefficient (Wildman–Crippen LogP) is 3.82. The third kappa shape index (κ3) is 2.32. The largest absolute Gasteiger partial charge is 0.286 e. The Morgan fingerprint density at radius 2 is 1.95 bits per heavy atom. The van der Waals surface area contributed by atoms with Gasteiger partial charge in [0.25, 0.3) is 0 Å². The van der Waals surface area contributed by atoms with E-state index in [9.17, 15) is 4.79 Å². The first-order chi connectivity index (χ1) is 9.25. The minimum absolute atomic E-state index is 0.144. The van der Waals surface area contributed by atoms with Crippen molar-refractivity contribution in [3.05, 3.63) is 69.6 Å². The molecule has 2 heterocycles. The Bertz CT molecular complexity index is 718. The van der Waals surface area contributed by atoms with E-state index in [1.165, 1.54) is 11.3 Å². The van der Waals surface area contributed by atoms with Crippen LogP contribution in [0.1, 0.15) is 15.4 Å². The minimum Gasteiger partial charge on any atom is -0.286 e. The first-order valence-electron chi connectivity index (χ1n) is 5.64. The van der Waals surface area contributed by atoms with Gasteiger partial charge in [0.1, 0.15) is 5.69 Å². The second-order valence-corrected chi connectivity index (χ2v) is 5.23. The third-order valence-electron chi connectivity index (χ3n) is 2.67. The van der Waals surface area contributed by atoms with Crippen LogP contribution in [0.4, 0.5) is 0 Å². The average molecular weight is 289 g/mol. The molecule has 0 fully saturated rings. The molecule has 0 saturated carbocycles. The highest BCUT2D eigenvalue weighted by atomic mass is 35.5. The van der Waals surface area contributed by atoms with Gasteiger partial charge >= 0.3 is 0 Å². The molecule has 3 nitrogen and oxygen atoms in total. The molecular formula is C14H9ClN2OS. The molecule has 0 saturated heterocycles. The second-order valence-electron chi connectivity index (χ2n) is 3.91. The monoisotopic (exact) mass is 288 g/mol. The van der Waals surface area contributed by atoms with E-state index in [-0.39, 0.29) is 5.78 Å². The van der Waals surface area contributed by atoms with Gasteiger partial charge in [0.2, 0.25) is 5.78 Å². The number of hydrogen-bond acceptors (Lipinski definition) is 3. The van der Waals surface area contributed by atoms with Crippen LogP contribution in [0.3, 0.4) is 0 Å². The Morgan fingerprint density at radius 3 is 2.63 bits per heavy atom. The molecule has 0 aliphatic carbocycles. The van der Waals surface area contributed by atoms with Crippen LogP contribution in [0.25, 0.3) is 5.69 Å². The van der Waals surface area contributed by atoms with Crippen LogP contribution >= 0.6 is 22.9 Å². The number of nitrogens with zero attached hydrogens (tertiary/aromatic N) is 2. The van der Waals surface area contributed by atoms with E-state index in [1.54, 1.807) is 28.4 Å². The highest BCUT2D eigenvalue weighted by molar-refractivity contribution is 7.13. The molecule has 0 aliphatic heterocycles. The topological polar surface area (TPSA) is 34.9 Å². The van der Waals surface area contributed by atoms with Gasteiger partial charge < -0.3 is 0 Å². The summed E-state index contributed by atoms with van der Waals surface area (Å²) in [5, 5.41) is 6.56. The number of rotatable bonds is 3. The van der Waals surface area contributed by atoms with Crippen molar-refractivity contribution in [2.24, 2.45) is 0 Å². The van der Waals surface area contributed by atoms with E-state index in [0.29, 0.717) is 15.6 Å². The number of halogens is 1. The van der Waals surface area contributed by atoms with Gasteiger partial charge in [-0.2, -0.15) is 5.10 Å². The number of benzene rings is 1. The lowest BCUT2D eigenvalue weighted by molar-refractivity contribution is 0.103. The molecule has 19 heavy (non-hydrogen) atoms. The van der Waals surface area contributed by atoms with Gasteiger partial charge in [0, 0.05) is 6.20 Å². The molecule has 0 aliphatic rings. The van der Waals surface area contributed by atoms with E-state index in [1.807, 2.05) is 30.3 Å². The molecule has 3 aromatic rings. The fourth-order valence-corrected chi connectivity index (χ4v) is 2.83. The summed E-state index contributed by atoms with van der Waals surface area (Å²) >= 11 is 7.29. The zero-order valence-electron chi connectivity index (χ0n) is 9.79. The van der Waals surface area contributed by atoms with Crippen LogP contribution < -0.4 is 0 Å². The number of hydrogen-bond donors (Lipinski definition) is 0. The standard InChI is InChI=1S/C14H9ClN2OS/c15-11-7-9-19-14(11)13(18)12-6-8-17(16-12)10-4-2-1-3-5-10/h1-9H. The SMILES string of the molecule is O=C(c1ccn(-c2ccccc2)n1)c1sccc1Cl. The molecule has 3 rings (SSSR count). The fraction of sp³-hybridized carbons (Fsp3) is 0. The van der Waals surface area contributed by atoms with Crippen LogP contribution in [0.15, 0.2) is 54.0 Å². The Hall–Kier alpha value is -1.91. The summed E-state index contributed by atoms with van der Waals surface area (Å²) in [6.45, 7) is 0. The van der Waals surface area contributed by atoms with Crippen LogP contribution in [0, 0.1) is 0 Å². The predicted molar refractivity (Wildman–Crippen MR) is 76.3 cm³/mol. The summed E-state index contributed by atoms with van der Waals surface area (Å²) in [5.41, 5.74) is 1.31. The minimum atomic E-state index is -0.144. The Kier molecular flexibility index (Phi) is 3.19. The van der Waals surface area contributed by atoms with Crippen molar-refractivity contribution < 1.29 is 4.79 Å². The van der Waals surface area contributed by atoms with E-state index < -0.39 is 0 Å². The van der Waals surface area contributed by atoms with Crippen LogP contribution in [0.2, 0.25) is 5.02 Å². The first-order valence-corrected chi connectivity index (χ1v) is 6.90. The number of carbonyl (C=O) groups is 1. The van der Waals surface area contributed by atoms with Crippen molar-refractivity contribution in [3.8, 4) is 5.69 Å².